The molecule has 4 bridgehead atoms. The van der Waals surface area contributed by atoms with Gasteiger partial charge in [-0.2, -0.15) is 0 Å². The van der Waals surface area contributed by atoms with Crippen LogP contribution in [0.3, 0.4) is 0 Å². The van der Waals surface area contributed by atoms with E-state index in [-0.39, 0.29) is 25.1 Å². The number of aromatic nitrogens is 1. The Morgan fingerprint density at radius 1 is 1.16 bits per heavy atom. The number of unbranched alkanes of at least 4 members (excludes halogenated alkanes) is 1. The number of hydrogen-bond acceptors (Lipinski definition) is 8. The molecule has 262 valence electrons. The summed E-state index contributed by atoms with van der Waals surface area (Å²) in [4.78, 5) is 46.9. The van der Waals surface area contributed by atoms with E-state index >= 15 is 0 Å². The van der Waals surface area contributed by atoms with Gasteiger partial charge in [-0.25, -0.2) is 14.5 Å². The maximum absolute atomic E-state index is 14.3. The monoisotopic (exact) mass is 690 g/mol. The van der Waals surface area contributed by atoms with E-state index < -0.39 is 58.2 Å². The third-order valence-electron chi connectivity index (χ3n) is 9.94. The highest BCUT2D eigenvalue weighted by atomic mass is 32.3. The highest BCUT2D eigenvalue weighted by Gasteiger charge is 2.61. The average Bonchev–Trinajstić information content (AvgIpc) is 3.65. The van der Waals surface area contributed by atoms with Crippen molar-refractivity contribution in [3.63, 3.8) is 0 Å². The SMILES string of the molecule is C=C[C@@H]1C[C@]1(NC(=O)[C@@H]1C[C@@H]2CN1C(=O)[C@H](CCCC)NS(O)(O)CCCCCc1ccc3nc(-c4ccccc4)cc(c3c1)O2)C(=O)O. The topological polar surface area (TPSA) is 161 Å². The van der Waals surface area contributed by atoms with Gasteiger partial charge < -0.3 is 20.1 Å². The van der Waals surface area contributed by atoms with Gasteiger partial charge in [-0.1, -0.05) is 68.7 Å². The van der Waals surface area contributed by atoms with Gasteiger partial charge in [-0.3, -0.25) is 18.7 Å². The quantitative estimate of drug-likeness (QED) is 0.180. The van der Waals surface area contributed by atoms with Gasteiger partial charge >= 0.3 is 5.97 Å². The minimum absolute atomic E-state index is 0.0511. The number of fused-ring (bicyclic) bond motifs is 3. The van der Waals surface area contributed by atoms with Crippen LogP contribution in [0.25, 0.3) is 22.2 Å². The molecule has 0 spiro atoms. The predicted octanol–water partition coefficient (Wildman–Crippen LogP) is 5.94. The van der Waals surface area contributed by atoms with E-state index in [1.165, 1.54) is 11.0 Å². The summed E-state index contributed by atoms with van der Waals surface area (Å²) in [5.74, 6) is -1.93. The summed E-state index contributed by atoms with van der Waals surface area (Å²) in [6.07, 6.45) is 5.99. The molecule has 2 aliphatic heterocycles. The molecule has 1 saturated heterocycles. The van der Waals surface area contributed by atoms with Crippen LogP contribution < -0.4 is 14.8 Å². The van der Waals surface area contributed by atoms with E-state index in [1.54, 1.807) is 0 Å². The molecular formula is C37H46N4O7S. The number of rotatable bonds is 8. The fourth-order valence-electron chi connectivity index (χ4n) is 7.06. The number of hydrogen-bond donors (Lipinski definition) is 5. The van der Waals surface area contributed by atoms with Gasteiger partial charge in [-0.05, 0) is 49.8 Å². The first-order chi connectivity index (χ1) is 23.5. The van der Waals surface area contributed by atoms with Crippen LogP contribution in [-0.2, 0) is 20.8 Å². The van der Waals surface area contributed by atoms with Gasteiger partial charge in [0.1, 0.15) is 29.5 Å². The van der Waals surface area contributed by atoms with Gasteiger partial charge in [0.15, 0.2) is 0 Å². The van der Waals surface area contributed by atoms with Crippen molar-refractivity contribution in [2.75, 3.05) is 12.3 Å². The Kier molecular flexibility index (Phi) is 10.3. The van der Waals surface area contributed by atoms with Crippen LogP contribution in [0.15, 0.2) is 67.3 Å². The standard InChI is InChI=1S/C37H46N4O7S/c1-3-5-15-30-35(43)41-23-27(20-32(41)34(42)39-37(36(44)45)22-26(37)4-2)48-33-21-31(25-13-9-6-10-14-25)38-29-17-16-24(19-28(29)33)12-8-7-11-18-49(46,47)40-30/h4,6,9-10,13-14,16-17,19,21,26-27,30,32,40,46-47H,2-3,5,7-8,11-12,15,18,20,22-23H2,1H3,(H,39,42)(H,44,45)/t26-,27-,30+,32+,37-/m1/s1. The molecule has 2 aromatic carbocycles. The Morgan fingerprint density at radius 3 is 2.67 bits per heavy atom. The predicted molar refractivity (Wildman–Crippen MR) is 190 cm³/mol. The molecule has 1 aliphatic carbocycles. The van der Waals surface area contributed by atoms with E-state index in [0.29, 0.717) is 25.0 Å². The molecule has 49 heavy (non-hydrogen) atoms. The zero-order valence-corrected chi connectivity index (χ0v) is 28.7. The van der Waals surface area contributed by atoms with Crippen LogP contribution in [0.2, 0.25) is 0 Å². The zero-order chi connectivity index (χ0) is 34.8. The van der Waals surface area contributed by atoms with Gasteiger partial charge in [0.2, 0.25) is 11.8 Å². The lowest BCUT2D eigenvalue weighted by Crippen LogP contribution is -2.56. The summed E-state index contributed by atoms with van der Waals surface area (Å²) < 4.78 is 31.7. The number of nitrogens with one attached hydrogen (secondary N) is 2. The lowest BCUT2D eigenvalue weighted by Gasteiger charge is -2.38. The number of ether oxygens (including phenoxy) is 1. The smallest absolute Gasteiger partial charge is 0.330 e. The molecule has 1 saturated carbocycles. The van der Waals surface area contributed by atoms with Crippen molar-refractivity contribution in [2.24, 2.45) is 5.92 Å². The highest BCUT2D eigenvalue weighted by Crippen LogP contribution is 2.45. The fourth-order valence-corrected chi connectivity index (χ4v) is 8.46. The van der Waals surface area contributed by atoms with Crippen LogP contribution in [-0.4, -0.2) is 77.9 Å². The number of carboxylic acids is 1. The van der Waals surface area contributed by atoms with Crippen LogP contribution in [0, 0.1) is 5.92 Å². The van der Waals surface area contributed by atoms with Crippen LogP contribution in [0.4, 0.5) is 0 Å². The number of aryl methyl sites for hydroxylation is 1. The summed E-state index contributed by atoms with van der Waals surface area (Å²) in [7, 11) is -3.30. The highest BCUT2D eigenvalue weighted by molar-refractivity contribution is 8.22. The molecule has 3 aromatic rings. The third-order valence-corrected chi connectivity index (χ3v) is 11.5. The van der Waals surface area contributed by atoms with E-state index in [1.807, 2.05) is 49.4 Å². The number of benzene rings is 2. The van der Waals surface area contributed by atoms with E-state index in [0.717, 1.165) is 53.4 Å². The first-order valence-corrected chi connectivity index (χ1v) is 18.9. The van der Waals surface area contributed by atoms with Crippen molar-refractivity contribution in [3.05, 3.63) is 72.8 Å². The number of nitrogens with zero attached hydrogens (tertiary/aromatic N) is 2. The molecule has 0 radical (unpaired) electrons. The fraction of sp³-hybridized carbons (Fsp3) is 0.459. The van der Waals surface area contributed by atoms with Crippen molar-refractivity contribution >= 4 is 39.5 Å². The molecule has 5 atom stereocenters. The average molecular weight is 691 g/mol. The molecule has 3 aliphatic rings. The Balaban J connectivity index is 1.40. The number of carbonyl (C=O) groups is 3. The van der Waals surface area contributed by atoms with Crippen molar-refractivity contribution in [3.8, 4) is 17.0 Å². The maximum Gasteiger partial charge on any atom is 0.330 e. The number of pyridine rings is 1. The van der Waals surface area contributed by atoms with E-state index in [9.17, 15) is 28.6 Å². The Morgan fingerprint density at radius 2 is 1.96 bits per heavy atom. The van der Waals surface area contributed by atoms with E-state index in [2.05, 4.69) is 28.8 Å². The number of amides is 2. The molecule has 12 heteroatoms. The number of carbonyl (C=O) groups excluding carboxylic acids is 2. The molecule has 6 rings (SSSR count). The molecule has 11 nitrogen and oxygen atoms in total. The van der Waals surface area contributed by atoms with E-state index in [4.69, 9.17) is 9.72 Å². The van der Waals surface area contributed by atoms with Crippen LogP contribution >= 0.6 is 10.8 Å². The largest absolute Gasteiger partial charge is 0.488 e. The van der Waals surface area contributed by atoms with Crippen molar-refractivity contribution < 1.29 is 33.3 Å². The number of carboxylic acid groups (broad SMARTS) is 1. The van der Waals surface area contributed by atoms with Gasteiger partial charge in [0.25, 0.3) is 0 Å². The lowest BCUT2D eigenvalue weighted by atomic mass is 10.0. The molecule has 3 heterocycles. The normalized spacial score (nSPS) is 27.6. The summed E-state index contributed by atoms with van der Waals surface area (Å²) in [5, 5.41) is 13.6. The zero-order valence-electron chi connectivity index (χ0n) is 27.8. The first kappa shape index (κ1) is 34.9. The minimum atomic E-state index is -3.30. The first-order valence-electron chi connectivity index (χ1n) is 17.2. The third kappa shape index (κ3) is 7.62. The summed E-state index contributed by atoms with van der Waals surface area (Å²) in [6, 6.07) is 15.8. The van der Waals surface area contributed by atoms with Crippen LogP contribution in [0.1, 0.15) is 63.9 Å². The van der Waals surface area contributed by atoms with Crippen molar-refractivity contribution in [2.45, 2.75) is 88.4 Å². The second kappa shape index (κ2) is 14.5. The number of aliphatic carboxylic acids is 1. The Labute approximate surface area is 288 Å². The summed E-state index contributed by atoms with van der Waals surface area (Å²) in [6.45, 7) is 5.76. The van der Waals surface area contributed by atoms with Gasteiger partial charge in [0.05, 0.1) is 23.5 Å². The molecular weight excluding hydrogens is 644 g/mol. The second-order valence-corrected chi connectivity index (χ2v) is 15.5. The maximum atomic E-state index is 14.3. The molecule has 2 fully saturated rings. The summed E-state index contributed by atoms with van der Waals surface area (Å²) >= 11 is 0. The molecule has 0 unspecified atom stereocenters. The lowest BCUT2D eigenvalue weighted by molar-refractivity contribution is -0.145. The minimum Gasteiger partial charge on any atom is -0.488 e. The summed E-state index contributed by atoms with van der Waals surface area (Å²) in [5.41, 5.74) is 2.02. The molecule has 2 amide bonds. The van der Waals surface area contributed by atoms with Crippen LogP contribution in [0.5, 0.6) is 5.75 Å². The Hall–Kier alpha value is -3.97. The Bertz CT molecular complexity index is 1720. The van der Waals surface area contributed by atoms with Crippen molar-refractivity contribution in [1.29, 1.82) is 0 Å². The molecule has 5 N–H and O–H groups in total. The van der Waals surface area contributed by atoms with Gasteiger partial charge in [-0.15, -0.1) is 17.4 Å². The van der Waals surface area contributed by atoms with Gasteiger partial charge in [0, 0.05) is 29.4 Å². The second-order valence-electron chi connectivity index (χ2n) is 13.5. The van der Waals surface area contributed by atoms with Crippen molar-refractivity contribution in [1.82, 2.24) is 19.9 Å². The molecule has 1 aromatic heterocycles.